The van der Waals surface area contributed by atoms with Crippen molar-refractivity contribution in [3.63, 3.8) is 0 Å². The van der Waals surface area contributed by atoms with Crippen molar-refractivity contribution in [3.05, 3.63) is 28.2 Å². The van der Waals surface area contributed by atoms with Gasteiger partial charge in [0, 0.05) is 23.1 Å². The molecule has 0 aliphatic carbocycles. The zero-order chi connectivity index (χ0) is 19.5. The van der Waals surface area contributed by atoms with Crippen molar-refractivity contribution in [2.24, 2.45) is 0 Å². The lowest BCUT2D eigenvalue weighted by atomic mass is 10.2. The van der Waals surface area contributed by atoms with Crippen LogP contribution in [0.1, 0.15) is 37.7 Å². The molecule has 0 unspecified atom stereocenters. The molecule has 0 radical (unpaired) electrons. The predicted octanol–water partition coefficient (Wildman–Crippen LogP) is 3.12. The number of amides is 1. The second kappa shape index (κ2) is 11.6. The molecule has 1 aliphatic heterocycles. The third-order valence-corrected chi connectivity index (χ3v) is 4.87. The highest BCUT2D eigenvalue weighted by atomic mass is 79.9. The fraction of sp³-hybridized carbons (Fsp3) is 0.500. The van der Waals surface area contributed by atoms with Crippen LogP contribution in [0.4, 0.5) is 5.69 Å². The van der Waals surface area contributed by atoms with Gasteiger partial charge in [-0.05, 0) is 56.6 Å². The monoisotopic (exact) mass is 428 g/mol. The number of halogens is 1. The molecule has 1 fully saturated rings. The smallest absolute Gasteiger partial charge is 0.414 e. The molecular formula is C18H25BrN2O5. The molecule has 26 heavy (non-hydrogen) atoms. The molecule has 0 aromatic heterocycles. The summed E-state index contributed by atoms with van der Waals surface area (Å²) in [6.45, 7) is 5.19. The molecule has 1 aromatic carbocycles. The van der Waals surface area contributed by atoms with Crippen LogP contribution < -0.4 is 5.32 Å². The molecule has 7 nitrogen and oxygen atoms in total. The van der Waals surface area contributed by atoms with Gasteiger partial charge in [0.1, 0.15) is 0 Å². The van der Waals surface area contributed by atoms with E-state index >= 15 is 0 Å². The van der Waals surface area contributed by atoms with Gasteiger partial charge in [0.25, 0.3) is 0 Å². The van der Waals surface area contributed by atoms with E-state index < -0.39 is 11.9 Å². The van der Waals surface area contributed by atoms with Crippen molar-refractivity contribution in [1.29, 1.82) is 0 Å². The van der Waals surface area contributed by atoms with E-state index in [9.17, 15) is 4.79 Å². The fourth-order valence-electron chi connectivity index (χ4n) is 2.57. The summed E-state index contributed by atoms with van der Waals surface area (Å²) < 4.78 is 1.07. The van der Waals surface area contributed by atoms with Crippen molar-refractivity contribution >= 4 is 39.5 Å². The highest BCUT2D eigenvalue weighted by Gasteiger charge is 2.11. The molecule has 0 bridgehead atoms. The standard InChI is InChI=1S/C16H23BrN2O.C2H2O4/c1-13-12-14(6-7-15(13)17)18-16(20)8-11-19-9-4-2-3-5-10-19;3-1(4)2(5)6/h6-7,12H,2-5,8-11H2,1H3,(H,18,20);(H,3,4)(H,5,6). The number of nitrogens with zero attached hydrogens (tertiary/aromatic N) is 1. The number of benzene rings is 1. The summed E-state index contributed by atoms with van der Waals surface area (Å²) in [5.74, 6) is -3.54. The van der Waals surface area contributed by atoms with Gasteiger partial charge in [-0.2, -0.15) is 0 Å². The quantitative estimate of drug-likeness (QED) is 0.635. The summed E-state index contributed by atoms with van der Waals surface area (Å²) in [7, 11) is 0. The minimum absolute atomic E-state index is 0.107. The minimum Gasteiger partial charge on any atom is -0.473 e. The van der Waals surface area contributed by atoms with E-state index in [1.54, 1.807) is 0 Å². The van der Waals surface area contributed by atoms with Gasteiger partial charge in [-0.25, -0.2) is 9.59 Å². The Morgan fingerprint density at radius 3 is 2.15 bits per heavy atom. The van der Waals surface area contributed by atoms with Crippen molar-refractivity contribution in [2.45, 2.75) is 39.0 Å². The highest BCUT2D eigenvalue weighted by molar-refractivity contribution is 9.10. The second-order valence-corrected chi connectivity index (χ2v) is 6.98. The summed E-state index contributed by atoms with van der Waals surface area (Å²) in [5, 5.41) is 17.8. The zero-order valence-corrected chi connectivity index (χ0v) is 16.4. The molecule has 1 heterocycles. The molecule has 1 amide bonds. The first-order chi connectivity index (χ1) is 12.3. The Bertz CT molecular complexity index is 616. The number of likely N-dealkylation sites (tertiary alicyclic amines) is 1. The van der Waals surface area contributed by atoms with Crippen LogP contribution in [0.3, 0.4) is 0 Å². The third kappa shape index (κ3) is 8.96. The van der Waals surface area contributed by atoms with Crippen molar-refractivity contribution in [2.75, 3.05) is 25.0 Å². The van der Waals surface area contributed by atoms with E-state index in [0.717, 1.165) is 35.4 Å². The molecular weight excluding hydrogens is 404 g/mol. The maximum atomic E-state index is 12.0. The van der Waals surface area contributed by atoms with E-state index in [2.05, 4.69) is 26.1 Å². The maximum Gasteiger partial charge on any atom is 0.414 e. The van der Waals surface area contributed by atoms with Crippen LogP contribution in [-0.2, 0) is 14.4 Å². The Morgan fingerprint density at radius 1 is 1.08 bits per heavy atom. The van der Waals surface area contributed by atoms with Gasteiger partial charge in [0.15, 0.2) is 0 Å². The minimum atomic E-state index is -1.82. The van der Waals surface area contributed by atoms with Gasteiger partial charge in [0.2, 0.25) is 5.91 Å². The Labute approximate surface area is 161 Å². The lowest BCUT2D eigenvalue weighted by molar-refractivity contribution is -0.159. The molecule has 1 saturated heterocycles. The van der Waals surface area contributed by atoms with Gasteiger partial charge in [-0.3, -0.25) is 4.79 Å². The van der Waals surface area contributed by atoms with Crippen LogP contribution in [0.2, 0.25) is 0 Å². The van der Waals surface area contributed by atoms with E-state index in [0.29, 0.717) is 6.42 Å². The van der Waals surface area contributed by atoms with Gasteiger partial charge < -0.3 is 20.4 Å². The number of hydrogen-bond donors (Lipinski definition) is 3. The number of aliphatic carboxylic acids is 2. The number of nitrogens with one attached hydrogen (secondary N) is 1. The van der Waals surface area contributed by atoms with Gasteiger partial charge in [0.05, 0.1) is 0 Å². The summed E-state index contributed by atoms with van der Waals surface area (Å²) in [6, 6.07) is 5.90. The number of carbonyl (C=O) groups excluding carboxylic acids is 1. The number of carboxylic acids is 2. The third-order valence-electron chi connectivity index (χ3n) is 3.98. The van der Waals surface area contributed by atoms with Crippen LogP contribution >= 0.6 is 15.9 Å². The average molecular weight is 429 g/mol. The summed E-state index contributed by atoms with van der Waals surface area (Å²) in [6.07, 6.45) is 5.79. The SMILES string of the molecule is Cc1cc(NC(=O)CCN2CCCCCC2)ccc1Br.O=C(O)C(=O)O. The van der Waals surface area contributed by atoms with E-state index in [1.165, 1.54) is 25.7 Å². The second-order valence-electron chi connectivity index (χ2n) is 6.13. The summed E-state index contributed by atoms with van der Waals surface area (Å²) in [5.41, 5.74) is 2.02. The number of hydrogen-bond acceptors (Lipinski definition) is 4. The summed E-state index contributed by atoms with van der Waals surface area (Å²) in [4.78, 5) is 32.6. The fourth-order valence-corrected chi connectivity index (χ4v) is 2.81. The lowest BCUT2D eigenvalue weighted by Gasteiger charge is -2.19. The number of aryl methyl sites for hydroxylation is 1. The molecule has 2 rings (SSSR count). The maximum absolute atomic E-state index is 12.0. The number of carbonyl (C=O) groups is 3. The van der Waals surface area contributed by atoms with E-state index in [1.807, 2.05) is 25.1 Å². The van der Waals surface area contributed by atoms with Crippen LogP contribution in [0, 0.1) is 6.92 Å². The Balaban J connectivity index is 0.000000487. The van der Waals surface area contributed by atoms with E-state index in [-0.39, 0.29) is 5.91 Å². The summed E-state index contributed by atoms with van der Waals surface area (Å²) >= 11 is 3.47. The first-order valence-corrected chi connectivity index (χ1v) is 9.33. The van der Waals surface area contributed by atoms with Crippen molar-refractivity contribution in [1.82, 2.24) is 4.90 Å². The molecule has 8 heteroatoms. The van der Waals surface area contributed by atoms with Gasteiger partial charge >= 0.3 is 11.9 Å². The largest absolute Gasteiger partial charge is 0.473 e. The average Bonchev–Trinajstić information content (AvgIpc) is 2.85. The molecule has 3 N–H and O–H groups in total. The lowest BCUT2D eigenvalue weighted by Crippen LogP contribution is -2.28. The Morgan fingerprint density at radius 2 is 1.65 bits per heavy atom. The zero-order valence-electron chi connectivity index (χ0n) is 14.8. The molecule has 1 aliphatic rings. The molecule has 1 aromatic rings. The highest BCUT2D eigenvalue weighted by Crippen LogP contribution is 2.20. The number of anilines is 1. The molecule has 0 atom stereocenters. The molecule has 0 saturated carbocycles. The van der Waals surface area contributed by atoms with Gasteiger partial charge in [-0.1, -0.05) is 28.8 Å². The molecule has 144 valence electrons. The van der Waals surface area contributed by atoms with Crippen molar-refractivity contribution in [3.8, 4) is 0 Å². The van der Waals surface area contributed by atoms with Crippen LogP contribution in [0.5, 0.6) is 0 Å². The normalized spacial score (nSPS) is 14.5. The predicted molar refractivity (Wildman–Crippen MR) is 102 cm³/mol. The van der Waals surface area contributed by atoms with Crippen LogP contribution in [-0.4, -0.2) is 52.6 Å². The number of carboxylic acid groups (broad SMARTS) is 2. The van der Waals surface area contributed by atoms with Crippen LogP contribution in [0.25, 0.3) is 0 Å². The Hall–Kier alpha value is -1.93. The first-order valence-electron chi connectivity index (χ1n) is 8.54. The van der Waals surface area contributed by atoms with Crippen LogP contribution in [0.15, 0.2) is 22.7 Å². The molecule has 0 spiro atoms. The topological polar surface area (TPSA) is 107 Å². The van der Waals surface area contributed by atoms with Crippen molar-refractivity contribution < 1.29 is 24.6 Å². The number of rotatable bonds is 4. The first kappa shape index (κ1) is 22.1. The van der Waals surface area contributed by atoms with E-state index in [4.69, 9.17) is 19.8 Å². The Kier molecular flexibility index (Phi) is 9.90. The van der Waals surface area contributed by atoms with Gasteiger partial charge in [-0.15, -0.1) is 0 Å².